The second-order valence-electron chi connectivity index (χ2n) is 3.27. The molecule has 0 fully saturated rings. The minimum absolute atomic E-state index is 0.387. The lowest BCUT2D eigenvalue weighted by atomic mass is 10.1. The summed E-state index contributed by atoms with van der Waals surface area (Å²) in [4.78, 5) is 4.74. The van der Waals surface area contributed by atoms with Crippen molar-refractivity contribution in [1.82, 2.24) is 0 Å². The van der Waals surface area contributed by atoms with Crippen LogP contribution in [0, 0.1) is 0 Å². The SMILES string of the molecule is CN(C)c1ccccc1C=CCN=[N+]=[N-]. The van der Waals surface area contributed by atoms with E-state index in [1.165, 1.54) is 0 Å². The third-order valence-electron chi connectivity index (χ3n) is 1.97. The Labute approximate surface area is 89.5 Å². The van der Waals surface area contributed by atoms with Gasteiger partial charge in [-0.15, -0.1) is 0 Å². The predicted octanol–water partition coefficient (Wildman–Crippen LogP) is 3.08. The molecule has 0 heterocycles. The second kappa shape index (κ2) is 5.73. The Bertz CT molecular complexity index is 389. The molecule has 0 saturated carbocycles. The summed E-state index contributed by atoms with van der Waals surface area (Å²) in [5.74, 6) is 0. The second-order valence-corrected chi connectivity index (χ2v) is 3.27. The molecule has 0 radical (unpaired) electrons. The van der Waals surface area contributed by atoms with Crippen molar-refractivity contribution in [2.75, 3.05) is 25.5 Å². The highest BCUT2D eigenvalue weighted by molar-refractivity contribution is 5.67. The maximum absolute atomic E-state index is 8.12. The highest BCUT2D eigenvalue weighted by Crippen LogP contribution is 2.18. The Morgan fingerprint density at radius 2 is 2.13 bits per heavy atom. The van der Waals surface area contributed by atoms with Crippen molar-refractivity contribution in [1.29, 1.82) is 0 Å². The molecular formula is C11H14N4. The molecule has 0 amide bonds. The summed E-state index contributed by atoms with van der Waals surface area (Å²) in [6.07, 6.45) is 3.81. The number of hydrogen-bond acceptors (Lipinski definition) is 2. The van der Waals surface area contributed by atoms with E-state index in [1.807, 2.05) is 55.4 Å². The Morgan fingerprint density at radius 3 is 2.80 bits per heavy atom. The minimum Gasteiger partial charge on any atom is -0.377 e. The van der Waals surface area contributed by atoms with Crippen LogP contribution in [0.3, 0.4) is 0 Å². The molecule has 78 valence electrons. The van der Waals surface area contributed by atoms with Gasteiger partial charge in [0.15, 0.2) is 0 Å². The molecule has 15 heavy (non-hydrogen) atoms. The van der Waals surface area contributed by atoms with Crippen molar-refractivity contribution in [3.05, 3.63) is 46.3 Å². The van der Waals surface area contributed by atoms with Crippen LogP contribution in [-0.2, 0) is 0 Å². The van der Waals surface area contributed by atoms with Gasteiger partial charge in [-0.1, -0.05) is 35.5 Å². The minimum atomic E-state index is 0.387. The van der Waals surface area contributed by atoms with Gasteiger partial charge in [-0.3, -0.25) is 0 Å². The van der Waals surface area contributed by atoms with Crippen molar-refractivity contribution < 1.29 is 0 Å². The van der Waals surface area contributed by atoms with Crippen LogP contribution in [0.4, 0.5) is 5.69 Å². The van der Waals surface area contributed by atoms with E-state index in [9.17, 15) is 0 Å². The quantitative estimate of drug-likeness (QED) is 0.420. The molecule has 4 heteroatoms. The average molecular weight is 202 g/mol. The van der Waals surface area contributed by atoms with Crippen LogP contribution in [0.15, 0.2) is 35.5 Å². The molecule has 0 aliphatic heterocycles. The van der Waals surface area contributed by atoms with E-state index in [2.05, 4.69) is 10.0 Å². The first kappa shape index (κ1) is 11.1. The lowest BCUT2D eigenvalue weighted by molar-refractivity contribution is 1.13. The molecule has 0 spiro atoms. The third-order valence-corrected chi connectivity index (χ3v) is 1.97. The summed E-state index contributed by atoms with van der Waals surface area (Å²) in [7, 11) is 4.00. The molecule has 1 rings (SSSR count). The van der Waals surface area contributed by atoms with Gasteiger partial charge in [-0.2, -0.15) is 0 Å². The molecule has 0 aromatic heterocycles. The van der Waals surface area contributed by atoms with Crippen LogP contribution in [0.2, 0.25) is 0 Å². The Hall–Kier alpha value is -1.93. The fourth-order valence-electron chi connectivity index (χ4n) is 1.30. The zero-order chi connectivity index (χ0) is 11.1. The molecule has 0 aliphatic carbocycles. The van der Waals surface area contributed by atoms with E-state index in [0.29, 0.717) is 6.54 Å². The first-order chi connectivity index (χ1) is 7.25. The van der Waals surface area contributed by atoms with Gasteiger partial charge in [0.05, 0.1) is 0 Å². The van der Waals surface area contributed by atoms with Gasteiger partial charge in [0.25, 0.3) is 0 Å². The number of anilines is 1. The standard InChI is InChI=1S/C11H14N4/c1-15(2)11-8-4-3-6-10(11)7-5-9-13-14-12/h3-8H,9H2,1-2H3. The van der Waals surface area contributed by atoms with Gasteiger partial charge >= 0.3 is 0 Å². The van der Waals surface area contributed by atoms with E-state index in [0.717, 1.165) is 11.3 Å². The van der Waals surface area contributed by atoms with Gasteiger partial charge in [-0.05, 0) is 17.2 Å². The highest BCUT2D eigenvalue weighted by Gasteiger charge is 1.98. The molecule has 0 bridgehead atoms. The number of benzene rings is 1. The number of rotatable bonds is 4. The van der Waals surface area contributed by atoms with Crippen molar-refractivity contribution in [2.45, 2.75) is 0 Å². The molecule has 0 atom stereocenters. The van der Waals surface area contributed by atoms with Crippen LogP contribution in [0.5, 0.6) is 0 Å². The van der Waals surface area contributed by atoms with Gasteiger partial charge in [0.2, 0.25) is 0 Å². The molecular weight excluding hydrogens is 188 g/mol. The van der Waals surface area contributed by atoms with E-state index >= 15 is 0 Å². The van der Waals surface area contributed by atoms with E-state index in [4.69, 9.17) is 5.53 Å². The first-order valence-electron chi connectivity index (χ1n) is 4.69. The van der Waals surface area contributed by atoms with Crippen molar-refractivity contribution in [3.8, 4) is 0 Å². The van der Waals surface area contributed by atoms with Crippen molar-refractivity contribution in [3.63, 3.8) is 0 Å². The summed E-state index contributed by atoms with van der Waals surface area (Å²) in [6.45, 7) is 0.387. The first-order valence-corrected chi connectivity index (χ1v) is 4.69. The molecule has 1 aromatic rings. The average Bonchev–Trinajstić information content (AvgIpc) is 2.25. The largest absolute Gasteiger partial charge is 0.377 e. The Morgan fingerprint density at radius 1 is 1.40 bits per heavy atom. The number of nitrogens with zero attached hydrogens (tertiary/aromatic N) is 4. The van der Waals surface area contributed by atoms with Crippen LogP contribution in [0.25, 0.3) is 16.5 Å². The summed E-state index contributed by atoms with van der Waals surface area (Å²) in [5.41, 5.74) is 10.4. The normalized spacial score (nSPS) is 10.0. The van der Waals surface area contributed by atoms with E-state index in [-0.39, 0.29) is 0 Å². The highest BCUT2D eigenvalue weighted by atomic mass is 15.1. The molecule has 0 aliphatic rings. The molecule has 0 saturated heterocycles. The summed E-state index contributed by atoms with van der Waals surface area (Å²) in [6, 6.07) is 8.06. The van der Waals surface area contributed by atoms with Crippen LogP contribution < -0.4 is 4.90 Å². The summed E-state index contributed by atoms with van der Waals surface area (Å²) < 4.78 is 0. The van der Waals surface area contributed by atoms with Crippen molar-refractivity contribution >= 4 is 11.8 Å². The smallest absolute Gasteiger partial charge is 0.0443 e. The fraction of sp³-hybridized carbons (Fsp3) is 0.273. The summed E-state index contributed by atoms with van der Waals surface area (Å²) >= 11 is 0. The molecule has 0 unspecified atom stereocenters. The Balaban J connectivity index is 2.84. The maximum atomic E-state index is 8.12. The zero-order valence-corrected chi connectivity index (χ0v) is 8.96. The van der Waals surface area contributed by atoms with Crippen LogP contribution in [-0.4, -0.2) is 20.6 Å². The molecule has 0 N–H and O–H groups in total. The summed E-state index contributed by atoms with van der Waals surface area (Å²) in [5, 5.41) is 3.44. The van der Waals surface area contributed by atoms with Gasteiger partial charge in [0, 0.05) is 31.2 Å². The zero-order valence-electron chi connectivity index (χ0n) is 8.96. The molecule has 1 aromatic carbocycles. The lowest BCUT2D eigenvalue weighted by Crippen LogP contribution is -2.09. The predicted molar refractivity (Wildman–Crippen MR) is 63.8 cm³/mol. The Kier molecular flexibility index (Phi) is 4.26. The van der Waals surface area contributed by atoms with E-state index in [1.54, 1.807) is 0 Å². The monoisotopic (exact) mass is 202 g/mol. The van der Waals surface area contributed by atoms with Gasteiger partial charge in [-0.25, -0.2) is 0 Å². The number of azide groups is 1. The fourth-order valence-corrected chi connectivity index (χ4v) is 1.30. The molecule has 4 nitrogen and oxygen atoms in total. The lowest BCUT2D eigenvalue weighted by Gasteiger charge is -2.15. The number of hydrogen-bond donors (Lipinski definition) is 0. The third kappa shape index (κ3) is 3.37. The number of para-hydroxylation sites is 1. The topological polar surface area (TPSA) is 52.0 Å². The van der Waals surface area contributed by atoms with Crippen LogP contribution >= 0.6 is 0 Å². The van der Waals surface area contributed by atoms with Crippen molar-refractivity contribution in [2.24, 2.45) is 5.11 Å². The van der Waals surface area contributed by atoms with Gasteiger partial charge in [0.1, 0.15) is 0 Å². The maximum Gasteiger partial charge on any atom is 0.0443 e. The van der Waals surface area contributed by atoms with Crippen LogP contribution in [0.1, 0.15) is 5.56 Å². The van der Waals surface area contributed by atoms with Gasteiger partial charge < -0.3 is 4.90 Å². The van der Waals surface area contributed by atoms with E-state index < -0.39 is 0 Å².